The Morgan fingerprint density at radius 1 is 1.30 bits per heavy atom. The van der Waals surface area contributed by atoms with E-state index in [1.54, 1.807) is 0 Å². The largest absolute Gasteiger partial charge is 0.481 e. The molecule has 0 unspecified atom stereocenters. The highest BCUT2D eigenvalue weighted by Crippen LogP contribution is 2.20. The lowest BCUT2D eigenvalue weighted by Gasteiger charge is -2.28. The van der Waals surface area contributed by atoms with E-state index in [2.05, 4.69) is 0 Å². The van der Waals surface area contributed by atoms with Crippen LogP contribution >= 0.6 is 0 Å². The number of piperidine rings is 1. The maximum Gasteiger partial charge on any atom is 0.307 e. The van der Waals surface area contributed by atoms with Crippen LogP contribution in [0.5, 0.6) is 0 Å². The summed E-state index contributed by atoms with van der Waals surface area (Å²) in [6.07, 6.45) is 2.64. The van der Waals surface area contributed by atoms with Gasteiger partial charge in [0.1, 0.15) is 0 Å². The lowest BCUT2D eigenvalue weighted by molar-refractivity contribution is -0.142. The smallest absolute Gasteiger partial charge is 0.307 e. The van der Waals surface area contributed by atoms with Gasteiger partial charge in [0.15, 0.2) is 0 Å². The molecule has 1 aromatic carbocycles. The highest BCUT2D eigenvalue weighted by Gasteiger charge is 2.30. The third kappa shape index (κ3) is 3.68. The number of aliphatic carboxylic acids is 1. The van der Waals surface area contributed by atoms with Crippen LogP contribution in [0.3, 0.4) is 0 Å². The normalized spacial score (nSPS) is 21.1. The Morgan fingerprint density at radius 3 is 2.65 bits per heavy atom. The molecule has 0 radical (unpaired) electrons. The SMILES string of the molecule is O=C(O)[C@H]1CCCN(S(=O)(=O)/C=C/c2ccccc2)C1. The van der Waals surface area contributed by atoms with Crippen molar-refractivity contribution in [3.05, 3.63) is 41.3 Å². The lowest BCUT2D eigenvalue weighted by Crippen LogP contribution is -2.41. The Labute approximate surface area is 118 Å². The number of carboxylic acids is 1. The molecule has 1 saturated heterocycles. The molecule has 0 bridgehead atoms. The Bertz CT molecular complexity index is 595. The third-order valence-corrected chi connectivity index (χ3v) is 4.86. The number of hydrogen-bond acceptors (Lipinski definition) is 3. The van der Waals surface area contributed by atoms with Gasteiger partial charge in [-0.15, -0.1) is 0 Å². The number of rotatable bonds is 4. The van der Waals surface area contributed by atoms with Crippen LogP contribution in [-0.4, -0.2) is 36.9 Å². The van der Waals surface area contributed by atoms with Crippen molar-refractivity contribution in [2.45, 2.75) is 12.8 Å². The first-order chi connectivity index (χ1) is 9.49. The highest BCUT2D eigenvalue weighted by atomic mass is 32.2. The molecule has 0 aromatic heterocycles. The number of carboxylic acid groups (broad SMARTS) is 1. The second kappa shape index (κ2) is 6.19. The van der Waals surface area contributed by atoms with E-state index in [9.17, 15) is 13.2 Å². The molecule has 5 nitrogen and oxygen atoms in total. The quantitative estimate of drug-likeness (QED) is 0.919. The molecule has 2 rings (SSSR count). The summed E-state index contributed by atoms with van der Waals surface area (Å²) < 4.78 is 25.6. The fraction of sp³-hybridized carbons (Fsp3) is 0.357. The molecule has 1 N–H and O–H groups in total. The summed E-state index contributed by atoms with van der Waals surface area (Å²) in [5.74, 6) is -1.54. The summed E-state index contributed by atoms with van der Waals surface area (Å²) in [7, 11) is -3.56. The Morgan fingerprint density at radius 2 is 2.00 bits per heavy atom. The van der Waals surface area contributed by atoms with Crippen LogP contribution in [0, 0.1) is 5.92 Å². The van der Waals surface area contributed by atoms with Crippen LogP contribution in [0.25, 0.3) is 6.08 Å². The van der Waals surface area contributed by atoms with Crippen LogP contribution in [0.1, 0.15) is 18.4 Å². The summed E-state index contributed by atoms with van der Waals surface area (Å²) in [5, 5.41) is 10.1. The van der Waals surface area contributed by atoms with Crippen LogP contribution in [0.4, 0.5) is 0 Å². The average molecular weight is 295 g/mol. The zero-order valence-electron chi connectivity index (χ0n) is 11.0. The minimum Gasteiger partial charge on any atom is -0.481 e. The van der Waals surface area contributed by atoms with Crippen molar-refractivity contribution < 1.29 is 18.3 Å². The zero-order chi connectivity index (χ0) is 14.6. The van der Waals surface area contributed by atoms with Gasteiger partial charge in [0.05, 0.1) is 5.92 Å². The predicted molar refractivity (Wildman–Crippen MR) is 76.3 cm³/mol. The topological polar surface area (TPSA) is 74.7 Å². The average Bonchev–Trinajstić information content (AvgIpc) is 2.46. The van der Waals surface area contributed by atoms with Gasteiger partial charge in [-0.2, -0.15) is 4.31 Å². The highest BCUT2D eigenvalue weighted by molar-refractivity contribution is 7.92. The molecular formula is C14H17NO4S. The predicted octanol–water partition coefficient (Wildman–Crippen LogP) is 1.78. The first-order valence-corrected chi connectivity index (χ1v) is 7.95. The molecule has 1 aliphatic rings. The minimum absolute atomic E-state index is 0.0524. The molecule has 20 heavy (non-hydrogen) atoms. The molecule has 1 aromatic rings. The monoisotopic (exact) mass is 295 g/mol. The number of sulfonamides is 1. The molecule has 0 saturated carbocycles. The van der Waals surface area contributed by atoms with Crippen molar-refractivity contribution in [1.82, 2.24) is 4.31 Å². The van der Waals surface area contributed by atoms with E-state index in [1.165, 1.54) is 10.4 Å². The first kappa shape index (κ1) is 14.7. The van der Waals surface area contributed by atoms with Gasteiger partial charge < -0.3 is 5.11 Å². The van der Waals surface area contributed by atoms with E-state index in [0.717, 1.165) is 11.0 Å². The molecular weight excluding hydrogens is 278 g/mol. The number of hydrogen-bond donors (Lipinski definition) is 1. The van der Waals surface area contributed by atoms with Crippen molar-refractivity contribution in [1.29, 1.82) is 0 Å². The van der Waals surface area contributed by atoms with Crippen LogP contribution < -0.4 is 0 Å². The zero-order valence-corrected chi connectivity index (χ0v) is 11.8. The number of benzene rings is 1. The van der Waals surface area contributed by atoms with E-state index in [-0.39, 0.29) is 6.54 Å². The van der Waals surface area contributed by atoms with Gasteiger partial charge in [-0.3, -0.25) is 4.79 Å². The van der Waals surface area contributed by atoms with Gasteiger partial charge in [0, 0.05) is 18.5 Å². The van der Waals surface area contributed by atoms with E-state index in [0.29, 0.717) is 19.4 Å². The maximum atomic E-state index is 12.2. The summed E-state index contributed by atoms with van der Waals surface area (Å²) in [6, 6.07) is 9.12. The Balaban J connectivity index is 2.10. The second-order valence-corrected chi connectivity index (χ2v) is 6.61. The van der Waals surface area contributed by atoms with Crippen LogP contribution in [0.2, 0.25) is 0 Å². The summed E-state index contributed by atoms with van der Waals surface area (Å²) in [4.78, 5) is 11.0. The molecule has 1 aliphatic heterocycles. The van der Waals surface area contributed by atoms with Gasteiger partial charge in [-0.05, 0) is 24.5 Å². The van der Waals surface area contributed by atoms with Crippen molar-refractivity contribution in [3.8, 4) is 0 Å². The van der Waals surface area contributed by atoms with E-state index >= 15 is 0 Å². The van der Waals surface area contributed by atoms with Gasteiger partial charge in [-0.25, -0.2) is 8.42 Å². The first-order valence-electron chi connectivity index (χ1n) is 6.45. The maximum absolute atomic E-state index is 12.2. The van der Waals surface area contributed by atoms with Gasteiger partial charge in [0.2, 0.25) is 10.0 Å². The van der Waals surface area contributed by atoms with Crippen LogP contribution in [-0.2, 0) is 14.8 Å². The Kier molecular flexibility index (Phi) is 4.57. The van der Waals surface area contributed by atoms with Crippen molar-refractivity contribution in [2.75, 3.05) is 13.1 Å². The lowest BCUT2D eigenvalue weighted by atomic mass is 10.0. The van der Waals surface area contributed by atoms with E-state index in [1.807, 2.05) is 30.3 Å². The third-order valence-electron chi connectivity index (χ3n) is 3.33. The fourth-order valence-corrected chi connectivity index (χ4v) is 3.46. The molecule has 0 spiro atoms. The van der Waals surface area contributed by atoms with Crippen LogP contribution in [0.15, 0.2) is 35.7 Å². The van der Waals surface area contributed by atoms with E-state index < -0.39 is 21.9 Å². The molecule has 108 valence electrons. The van der Waals surface area contributed by atoms with E-state index in [4.69, 9.17) is 5.11 Å². The fourth-order valence-electron chi connectivity index (χ4n) is 2.19. The molecule has 1 atom stereocenters. The Hall–Kier alpha value is -1.66. The van der Waals surface area contributed by atoms with Crippen molar-refractivity contribution in [2.24, 2.45) is 5.92 Å². The summed E-state index contributed by atoms with van der Waals surface area (Å²) >= 11 is 0. The van der Waals surface area contributed by atoms with Gasteiger partial charge in [-0.1, -0.05) is 30.3 Å². The molecule has 6 heteroatoms. The number of carbonyl (C=O) groups is 1. The number of nitrogens with zero attached hydrogens (tertiary/aromatic N) is 1. The van der Waals surface area contributed by atoms with Gasteiger partial charge in [0.25, 0.3) is 0 Å². The minimum atomic E-state index is -3.56. The van der Waals surface area contributed by atoms with Crippen molar-refractivity contribution in [3.63, 3.8) is 0 Å². The summed E-state index contributed by atoms with van der Waals surface area (Å²) in [6.45, 7) is 0.433. The van der Waals surface area contributed by atoms with Gasteiger partial charge >= 0.3 is 5.97 Å². The molecule has 0 amide bonds. The molecule has 1 fully saturated rings. The van der Waals surface area contributed by atoms with Crippen molar-refractivity contribution >= 4 is 22.1 Å². The molecule has 0 aliphatic carbocycles. The standard InChI is InChI=1S/C14H17NO4S/c16-14(17)13-7-4-9-15(11-13)20(18,19)10-8-12-5-2-1-3-6-12/h1-3,5-6,8,10,13H,4,7,9,11H2,(H,16,17)/b10-8+/t13-/m0/s1. The molecule has 1 heterocycles. The second-order valence-electron chi connectivity index (χ2n) is 4.79. The summed E-state index contributed by atoms with van der Waals surface area (Å²) in [5.41, 5.74) is 0.794.